The van der Waals surface area contributed by atoms with Crippen molar-refractivity contribution >= 4 is 40.0 Å². The Balaban J connectivity index is 2.15. The largest absolute Gasteiger partial charge is 0.289 e. The highest BCUT2D eigenvalue weighted by Crippen LogP contribution is 2.25. The van der Waals surface area contributed by atoms with Gasteiger partial charge in [-0.3, -0.25) is 14.8 Å². The average molecular weight is 303 g/mol. The number of rotatable bonds is 2. The smallest absolute Gasteiger partial charge is 0.195 e. The number of hydrogen-bond donors (Lipinski definition) is 0. The summed E-state index contributed by atoms with van der Waals surface area (Å²) in [5.74, 6) is -0.158. The van der Waals surface area contributed by atoms with Crippen molar-refractivity contribution in [1.82, 2.24) is 9.97 Å². The van der Waals surface area contributed by atoms with Crippen LogP contribution in [0, 0.1) is 0 Å². The number of para-hydroxylation sites is 1. The van der Waals surface area contributed by atoms with Crippen molar-refractivity contribution < 1.29 is 4.79 Å². The maximum atomic E-state index is 12.6. The van der Waals surface area contributed by atoms with Gasteiger partial charge in [0.15, 0.2) is 5.78 Å². The van der Waals surface area contributed by atoms with Gasteiger partial charge in [0.25, 0.3) is 0 Å². The van der Waals surface area contributed by atoms with Gasteiger partial charge in [-0.25, -0.2) is 0 Å². The molecule has 3 nitrogen and oxygen atoms in total. The number of benzene rings is 2. The van der Waals surface area contributed by atoms with E-state index in [0.29, 0.717) is 32.2 Å². The third-order valence-electron chi connectivity index (χ3n) is 2.93. The van der Waals surface area contributed by atoms with E-state index in [9.17, 15) is 4.79 Å². The van der Waals surface area contributed by atoms with E-state index in [1.807, 2.05) is 6.07 Å². The minimum Gasteiger partial charge on any atom is -0.289 e. The van der Waals surface area contributed by atoms with Crippen LogP contribution in [0.15, 0.2) is 48.8 Å². The summed E-state index contributed by atoms with van der Waals surface area (Å²) in [6.45, 7) is 0. The highest BCUT2D eigenvalue weighted by atomic mass is 35.5. The number of ketones is 1. The molecule has 0 unspecified atom stereocenters. The van der Waals surface area contributed by atoms with Gasteiger partial charge < -0.3 is 0 Å². The molecule has 3 aromatic rings. The zero-order valence-electron chi connectivity index (χ0n) is 10.2. The molecule has 0 fully saturated rings. The monoisotopic (exact) mass is 302 g/mol. The minimum atomic E-state index is -0.158. The number of hydrogen-bond acceptors (Lipinski definition) is 3. The Morgan fingerprint density at radius 3 is 2.55 bits per heavy atom. The third kappa shape index (κ3) is 2.26. The van der Waals surface area contributed by atoms with Crippen LogP contribution in [0.4, 0.5) is 0 Å². The Kier molecular flexibility index (Phi) is 3.38. The molecule has 20 heavy (non-hydrogen) atoms. The zero-order valence-corrected chi connectivity index (χ0v) is 11.7. The molecule has 0 atom stereocenters. The number of fused-ring (bicyclic) bond motifs is 1. The Morgan fingerprint density at radius 2 is 1.75 bits per heavy atom. The first-order valence-electron chi connectivity index (χ1n) is 5.86. The van der Waals surface area contributed by atoms with Crippen LogP contribution in [-0.2, 0) is 0 Å². The molecule has 1 heterocycles. The fourth-order valence-electron chi connectivity index (χ4n) is 1.97. The van der Waals surface area contributed by atoms with Crippen LogP contribution in [0.2, 0.25) is 10.0 Å². The van der Waals surface area contributed by atoms with Gasteiger partial charge in [0.2, 0.25) is 0 Å². The van der Waals surface area contributed by atoms with E-state index in [1.54, 1.807) is 42.7 Å². The van der Waals surface area contributed by atoms with Crippen LogP contribution in [0.3, 0.4) is 0 Å². The Hall–Kier alpha value is -1.97. The van der Waals surface area contributed by atoms with Crippen molar-refractivity contribution in [3.63, 3.8) is 0 Å². The zero-order chi connectivity index (χ0) is 14.1. The number of halogens is 2. The van der Waals surface area contributed by atoms with Crippen molar-refractivity contribution in [3.05, 3.63) is 70.0 Å². The number of carbonyl (C=O) groups is 1. The summed E-state index contributed by atoms with van der Waals surface area (Å²) in [6, 6.07) is 10.1. The molecule has 0 saturated heterocycles. The molecule has 3 rings (SSSR count). The van der Waals surface area contributed by atoms with Crippen molar-refractivity contribution in [2.75, 3.05) is 0 Å². The second kappa shape index (κ2) is 5.19. The molecule has 0 saturated carbocycles. The van der Waals surface area contributed by atoms with E-state index in [4.69, 9.17) is 23.2 Å². The first kappa shape index (κ1) is 13.0. The van der Waals surface area contributed by atoms with Gasteiger partial charge in [-0.2, -0.15) is 0 Å². The summed E-state index contributed by atoms with van der Waals surface area (Å²) in [4.78, 5) is 21.0. The summed E-state index contributed by atoms with van der Waals surface area (Å²) in [7, 11) is 0. The van der Waals surface area contributed by atoms with Crippen LogP contribution in [0.25, 0.3) is 11.0 Å². The Labute approximate surface area is 125 Å². The molecule has 1 aromatic heterocycles. The predicted octanol–water partition coefficient (Wildman–Crippen LogP) is 4.17. The molecule has 0 spiro atoms. The normalized spacial score (nSPS) is 10.7. The van der Waals surface area contributed by atoms with E-state index in [0.717, 1.165) is 0 Å². The lowest BCUT2D eigenvalue weighted by molar-refractivity contribution is 0.104. The molecule has 98 valence electrons. The highest BCUT2D eigenvalue weighted by molar-refractivity contribution is 6.42. The molecule has 0 aliphatic rings. The predicted molar refractivity (Wildman–Crippen MR) is 79.4 cm³/mol. The fourth-order valence-corrected chi connectivity index (χ4v) is 2.27. The van der Waals surface area contributed by atoms with Crippen LogP contribution < -0.4 is 0 Å². The summed E-state index contributed by atoms with van der Waals surface area (Å²) >= 11 is 11.8. The molecule has 0 radical (unpaired) electrons. The van der Waals surface area contributed by atoms with Gasteiger partial charge in [-0.15, -0.1) is 0 Å². The first-order valence-corrected chi connectivity index (χ1v) is 6.62. The van der Waals surface area contributed by atoms with E-state index in [2.05, 4.69) is 9.97 Å². The lowest BCUT2D eigenvalue weighted by atomic mass is 10.0. The molecule has 0 aliphatic carbocycles. The van der Waals surface area contributed by atoms with E-state index in [1.165, 1.54) is 0 Å². The van der Waals surface area contributed by atoms with Gasteiger partial charge in [0.05, 0.1) is 26.6 Å². The van der Waals surface area contributed by atoms with E-state index >= 15 is 0 Å². The van der Waals surface area contributed by atoms with Crippen LogP contribution in [0.5, 0.6) is 0 Å². The quantitative estimate of drug-likeness (QED) is 0.667. The van der Waals surface area contributed by atoms with Gasteiger partial charge >= 0.3 is 0 Å². The van der Waals surface area contributed by atoms with Crippen molar-refractivity contribution in [2.24, 2.45) is 0 Å². The van der Waals surface area contributed by atoms with Crippen LogP contribution in [0.1, 0.15) is 15.9 Å². The lowest BCUT2D eigenvalue weighted by Crippen LogP contribution is -2.03. The Bertz CT molecular complexity index is 813. The standard InChI is InChI=1S/C15H8Cl2N2O/c16-11-5-4-9(8-12(11)17)15(20)10-2-1-3-13-14(10)19-7-6-18-13/h1-8H. The number of carbonyl (C=O) groups excluding carboxylic acids is 1. The van der Waals surface area contributed by atoms with Crippen molar-refractivity contribution in [3.8, 4) is 0 Å². The van der Waals surface area contributed by atoms with Crippen molar-refractivity contribution in [1.29, 1.82) is 0 Å². The summed E-state index contributed by atoms with van der Waals surface area (Å²) in [5.41, 5.74) is 2.22. The van der Waals surface area contributed by atoms with Crippen molar-refractivity contribution in [2.45, 2.75) is 0 Å². The SMILES string of the molecule is O=C(c1ccc(Cl)c(Cl)c1)c1cccc2nccnc12. The topological polar surface area (TPSA) is 42.9 Å². The minimum absolute atomic E-state index is 0.158. The second-order valence-electron chi connectivity index (χ2n) is 4.19. The number of aromatic nitrogens is 2. The highest BCUT2D eigenvalue weighted by Gasteiger charge is 2.14. The molecular weight excluding hydrogens is 295 g/mol. The van der Waals surface area contributed by atoms with Gasteiger partial charge in [-0.1, -0.05) is 29.3 Å². The average Bonchev–Trinajstić information content (AvgIpc) is 2.49. The molecule has 0 bridgehead atoms. The van der Waals surface area contributed by atoms with E-state index < -0.39 is 0 Å². The second-order valence-corrected chi connectivity index (χ2v) is 5.00. The third-order valence-corrected chi connectivity index (χ3v) is 3.66. The van der Waals surface area contributed by atoms with Gasteiger partial charge in [0.1, 0.15) is 0 Å². The Morgan fingerprint density at radius 1 is 0.950 bits per heavy atom. The molecular formula is C15H8Cl2N2O. The molecule has 0 N–H and O–H groups in total. The first-order chi connectivity index (χ1) is 9.66. The van der Waals surface area contributed by atoms with E-state index in [-0.39, 0.29) is 5.78 Å². The lowest BCUT2D eigenvalue weighted by Gasteiger charge is -2.05. The molecule has 2 aromatic carbocycles. The number of nitrogens with zero attached hydrogens (tertiary/aromatic N) is 2. The molecule has 5 heteroatoms. The summed E-state index contributed by atoms with van der Waals surface area (Å²) in [6.07, 6.45) is 3.16. The molecule has 0 amide bonds. The maximum absolute atomic E-state index is 12.6. The van der Waals surface area contributed by atoms with Crippen LogP contribution in [-0.4, -0.2) is 15.8 Å². The fraction of sp³-hybridized carbons (Fsp3) is 0. The van der Waals surface area contributed by atoms with Gasteiger partial charge in [0, 0.05) is 18.0 Å². The summed E-state index contributed by atoms with van der Waals surface area (Å²) < 4.78 is 0. The maximum Gasteiger partial charge on any atom is 0.195 e. The molecule has 0 aliphatic heterocycles. The van der Waals surface area contributed by atoms with Gasteiger partial charge in [-0.05, 0) is 30.3 Å². The summed E-state index contributed by atoms with van der Waals surface area (Å²) in [5, 5.41) is 0.768. The van der Waals surface area contributed by atoms with Crippen LogP contribution >= 0.6 is 23.2 Å².